The van der Waals surface area contributed by atoms with E-state index in [1.54, 1.807) is 12.1 Å². The number of benzene rings is 1. The van der Waals surface area contributed by atoms with E-state index in [9.17, 15) is 9.59 Å². The van der Waals surface area contributed by atoms with Crippen LogP contribution in [0.5, 0.6) is 5.75 Å². The van der Waals surface area contributed by atoms with Gasteiger partial charge in [0.05, 0.1) is 0 Å². The molecule has 3 heteroatoms. The van der Waals surface area contributed by atoms with Crippen LogP contribution >= 0.6 is 0 Å². The quantitative estimate of drug-likeness (QED) is 0.766. The van der Waals surface area contributed by atoms with Gasteiger partial charge in [0.1, 0.15) is 17.6 Å². The summed E-state index contributed by atoms with van der Waals surface area (Å²) in [7, 11) is 0. The second kappa shape index (κ2) is 5.80. The minimum Gasteiger partial charge on any atom is -0.490 e. The lowest BCUT2D eigenvalue weighted by Gasteiger charge is -2.22. The molecule has 1 aliphatic rings. The monoisotopic (exact) mass is 246 g/mol. The van der Waals surface area contributed by atoms with Crippen LogP contribution in [-0.2, 0) is 4.79 Å². The summed E-state index contributed by atoms with van der Waals surface area (Å²) in [5.74, 6) is 1.15. The van der Waals surface area contributed by atoms with Crippen molar-refractivity contribution in [1.82, 2.24) is 0 Å². The molecule has 1 unspecified atom stereocenters. The lowest BCUT2D eigenvalue weighted by molar-refractivity contribution is -0.122. The fourth-order valence-electron chi connectivity index (χ4n) is 2.20. The first kappa shape index (κ1) is 12.8. The van der Waals surface area contributed by atoms with E-state index in [1.165, 1.54) is 0 Å². The van der Waals surface area contributed by atoms with Crippen LogP contribution in [0.2, 0.25) is 0 Å². The molecular weight excluding hydrogens is 228 g/mol. The first-order valence-corrected chi connectivity index (χ1v) is 6.50. The molecule has 0 saturated heterocycles. The van der Waals surface area contributed by atoms with Gasteiger partial charge in [-0.05, 0) is 37.1 Å². The summed E-state index contributed by atoms with van der Waals surface area (Å²) in [5.41, 5.74) is 0.713. The third kappa shape index (κ3) is 3.19. The molecule has 0 N–H and O–H groups in total. The van der Waals surface area contributed by atoms with Crippen LogP contribution in [0.1, 0.15) is 49.4 Å². The van der Waals surface area contributed by atoms with Gasteiger partial charge in [0.2, 0.25) is 0 Å². The summed E-state index contributed by atoms with van der Waals surface area (Å²) in [5, 5.41) is 0. The minimum atomic E-state index is -0.000948. The Morgan fingerprint density at radius 2 is 2.06 bits per heavy atom. The summed E-state index contributed by atoms with van der Waals surface area (Å²) < 4.78 is 5.76. The van der Waals surface area contributed by atoms with Crippen LogP contribution in [0.4, 0.5) is 0 Å². The van der Waals surface area contributed by atoms with Crippen LogP contribution in [0.15, 0.2) is 24.3 Å². The molecule has 1 atom stereocenters. The molecule has 0 amide bonds. The predicted molar refractivity (Wildman–Crippen MR) is 69.0 cm³/mol. The van der Waals surface area contributed by atoms with E-state index in [-0.39, 0.29) is 17.7 Å². The van der Waals surface area contributed by atoms with Crippen molar-refractivity contribution < 1.29 is 14.3 Å². The van der Waals surface area contributed by atoms with Crippen LogP contribution in [0.25, 0.3) is 0 Å². The number of hydrogen-bond donors (Lipinski definition) is 0. The third-order valence-corrected chi connectivity index (χ3v) is 3.24. The molecular formula is C15H18O3. The molecule has 0 heterocycles. The summed E-state index contributed by atoms with van der Waals surface area (Å²) in [6.07, 6.45) is 3.55. The fraction of sp³-hybridized carbons (Fsp3) is 0.467. The van der Waals surface area contributed by atoms with Gasteiger partial charge in [-0.1, -0.05) is 6.92 Å². The molecule has 1 aromatic rings. The van der Waals surface area contributed by atoms with Crippen molar-refractivity contribution >= 4 is 11.6 Å². The minimum absolute atomic E-state index is 0.000948. The van der Waals surface area contributed by atoms with E-state index in [4.69, 9.17) is 4.74 Å². The van der Waals surface area contributed by atoms with Crippen molar-refractivity contribution in [2.75, 3.05) is 0 Å². The lowest BCUT2D eigenvalue weighted by atomic mass is 9.96. The number of hydrogen-bond acceptors (Lipinski definition) is 3. The third-order valence-electron chi connectivity index (χ3n) is 3.24. The van der Waals surface area contributed by atoms with Crippen molar-refractivity contribution in [3.63, 3.8) is 0 Å². The Morgan fingerprint density at radius 1 is 1.33 bits per heavy atom. The van der Waals surface area contributed by atoms with Gasteiger partial charge in [-0.25, -0.2) is 0 Å². The molecule has 1 saturated carbocycles. The van der Waals surface area contributed by atoms with Crippen LogP contribution in [0.3, 0.4) is 0 Å². The maximum absolute atomic E-state index is 11.5. The van der Waals surface area contributed by atoms with Gasteiger partial charge in [-0.3, -0.25) is 9.59 Å². The zero-order chi connectivity index (χ0) is 13.0. The van der Waals surface area contributed by atoms with Gasteiger partial charge in [0.25, 0.3) is 0 Å². The molecule has 0 aliphatic heterocycles. The maximum Gasteiger partial charge on any atom is 0.162 e. The Kier molecular flexibility index (Phi) is 4.13. The topological polar surface area (TPSA) is 43.4 Å². The van der Waals surface area contributed by atoms with Crippen molar-refractivity contribution in [3.8, 4) is 5.75 Å². The van der Waals surface area contributed by atoms with E-state index < -0.39 is 0 Å². The highest BCUT2D eigenvalue weighted by atomic mass is 16.5. The van der Waals surface area contributed by atoms with Gasteiger partial charge in [-0.2, -0.15) is 0 Å². The standard InChI is InChI=1S/C15H18O3/c1-2-15(17)11-6-8-13(9-7-11)18-14-5-3-4-12(16)10-14/h6-9,14H,2-5,10H2,1H3. The smallest absolute Gasteiger partial charge is 0.162 e. The van der Waals surface area contributed by atoms with Gasteiger partial charge in [0, 0.05) is 24.8 Å². The van der Waals surface area contributed by atoms with Crippen molar-refractivity contribution in [2.45, 2.75) is 45.1 Å². The number of carbonyl (C=O) groups excluding carboxylic acids is 2. The van der Waals surface area contributed by atoms with E-state index >= 15 is 0 Å². The number of ketones is 2. The van der Waals surface area contributed by atoms with E-state index in [0.717, 1.165) is 18.6 Å². The Morgan fingerprint density at radius 3 is 2.67 bits per heavy atom. The Hall–Kier alpha value is -1.64. The zero-order valence-corrected chi connectivity index (χ0v) is 10.6. The van der Waals surface area contributed by atoms with Crippen LogP contribution < -0.4 is 4.74 Å². The number of carbonyl (C=O) groups is 2. The van der Waals surface area contributed by atoms with Crippen LogP contribution in [-0.4, -0.2) is 17.7 Å². The largest absolute Gasteiger partial charge is 0.490 e. The summed E-state index contributed by atoms with van der Waals surface area (Å²) in [6, 6.07) is 7.18. The highest BCUT2D eigenvalue weighted by molar-refractivity contribution is 5.95. The molecule has 1 aliphatic carbocycles. The highest BCUT2D eigenvalue weighted by Crippen LogP contribution is 2.22. The van der Waals surface area contributed by atoms with E-state index in [0.29, 0.717) is 24.8 Å². The molecule has 96 valence electrons. The maximum atomic E-state index is 11.5. The Balaban J connectivity index is 1.97. The molecule has 0 aromatic heterocycles. The van der Waals surface area contributed by atoms with Crippen molar-refractivity contribution in [3.05, 3.63) is 29.8 Å². The normalized spacial score (nSPS) is 19.6. The van der Waals surface area contributed by atoms with Crippen molar-refractivity contribution in [1.29, 1.82) is 0 Å². The Labute approximate surface area is 107 Å². The first-order chi connectivity index (χ1) is 8.69. The molecule has 18 heavy (non-hydrogen) atoms. The molecule has 1 aromatic carbocycles. The van der Waals surface area contributed by atoms with Gasteiger partial charge in [-0.15, -0.1) is 0 Å². The second-order valence-corrected chi connectivity index (χ2v) is 4.68. The van der Waals surface area contributed by atoms with Crippen LogP contribution in [0, 0.1) is 0 Å². The number of ether oxygens (including phenoxy) is 1. The van der Waals surface area contributed by atoms with E-state index in [1.807, 2.05) is 19.1 Å². The van der Waals surface area contributed by atoms with Gasteiger partial charge >= 0.3 is 0 Å². The Bertz CT molecular complexity index is 434. The average Bonchev–Trinajstić information content (AvgIpc) is 2.39. The molecule has 0 bridgehead atoms. The fourth-order valence-corrected chi connectivity index (χ4v) is 2.20. The highest BCUT2D eigenvalue weighted by Gasteiger charge is 2.20. The first-order valence-electron chi connectivity index (χ1n) is 6.50. The van der Waals surface area contributed by atoms with Gasteiger partial charge < -0.3 is 4.74 Å². The van der Waals surface area contributed by atoms with Gasteiger partial charge in [0.15, 0.2) is 5.78 Å². The lowest BCUT2D eigenvalue weighted by Crippen LogP contribution is -2.25. The second-order valence-electron chi connectivity index (χ2n) is 4.68. The molecule has 0 spiro atoms. The molecule has 2 rings (SSSR count). The summed E-state index contributed by atoms with van der Waals surface area (Å²) in [6.45, 7) is 1.85. The SMILES string of the molecule is CCC(=O)c1ccc(OC2CCCC(=O)C2)cc1. The number of rotatable bonds is 4. The van der Waals surface area contributed by atoms with E-state index in [2.05, 4.69) is 0 Å². The summed E-state index contributed by atoms with van der Waals surface area (Å²) in [4.78, 5) is 22.8. The molecule has 3 nitrogen and oxygen atoms in total. The molecule has 0 radical (unpaired) electrons. The average molecular weight is 246 g/mol. The predicted octanol–water partition coefficient (Wildman–Crippen LogP) is 3.17. The number of Topliss-reactive ketones (excluding diaryl/α,β-unsaturated/α-hetero) is 2. The van der Waals surface area contributed by atoms with Crippen molar-refractivity contribution in [2.24, 2.45) is 0 Å². The molecule has 1 fully saturated rings. The zero-order valence-electron chi connectivity index (χ0n) is 10.6. The summed E-state index contributed by atoms with van der Waals surface area (Å²) >= 11 is 0.